The van der Waals surface area contributed by atoms with Gasteiger partial charge < -0.3 is 9.09 Å². The van der Waals surface area contributed by atoms with E-state index in [1.807, 2.05) is 0 Å². The van der Waals surface area contributed by atoms with Crippen LogP contribution in [-0.4, -0.2) is 29.7 Å². The quantitative estimate of drug-likeness (QED) is 0.409. The van der Waals surface area contributed by atoms with Crippen LogP contribution in [0.2, 0.25) is 5.02 Å². The van der Waals surface area contributed by atoms with E-state index in [0.717, 1.165) is 0 Å². The second-order valence-electron chi connectivity index (χ2n) is 7.25. The number of rotatable bonds is 7. The van der Waals surface area contributed by atoms with Gasteiger partial charge in [0.15, 0.2) is 15.6 Å². The molecule has 0 atom stereocenters. The van der Waals surface area contributed by atoms with Gasteiger partial charge in [0.25, 0.3) is 0 Å². The number of ketones is 1. The van der Waals surface area contributed by atoms with Crippen molar-refractivity contribution in [3.63, 3.8) is 0 Å². The number of fused-ring (bicyclic) bond motifs is 1. The van der Waals surface area contributed by atoms with Crippen LogP contribution in [0.4, 0.5) is 4.39 Å². The van der Waals surface area contributed by atoms with E-state index in [0.29, 0.717) is 27.9 Å². The summed E-state index contributed by atoms with van der Waals surface area (Å²) in [4.78, 5) is 12.4. The number of halogens is 2. The zero-order chi connectivity index (χ0) is 22.2. The van der Waals surface area contributed by atoms with Gasteiger partial charge in [0.05, 0.1) is 28.6 Å². The lowest BCUT2D eigenvalue weighted by Gasteiger charge is -2.07. The molecule has 2 aromatic heterocycles. The Bertz CT molecular complexity index is 1390. The molecule has 4 rings (SSSR count). The number of benzene rings is 2. The van der Waals surface area contributed by atoms with Crippen molar-refractivity contribution in [3.8, 4) is 0 Å². The van der Waals surface area contributed by atoms with E-state index in [4.69, 9.17) is 16.1 Å². The SMILES string of the molecule is Cc1cc(CC(=O)CS(=O)(=O)c2cn(Cc3cccc(Cl)c3F)c3ccccc23)no1. The third-order valence-electron chi connectivity index (χ3n) is 4.87. The summed E-state index contributed by atoms with van der Waals surface area (Å²) in [7, 11) is -3.94. The number of carbonyl (C=O) groups excluding carboxylic acids is 1. The highest BCUT2D eigenvalue weighted by atomic mass is 35.5. The number of hydrogen-bond donors (Lipinski definition) is 0. The van der Waals surface area contributed by atoms with Crippen LogP contribution in [0.25, 0.3) is 10.9 Å². The average molecular weight is 461 g/mol. The highest BCUT2D eigenvalue weighted by molar-refractivity contribution is 7.92. The van der Waals surface area contributed by atoms with E-state index in [1.54, 1.807) is 54.0 Å². The van der Waals surface area contributed by atoms with Gasteiger partial charge in [-0.15, -0.1) is 0 Å². The van der Waals surface area contributed by atoms with Gasteiger partial charge >= 0.3 is 0 Å². The Balaban J connectivity index is 1.67. The summed E-state index contributed by atoms with van der Waals surface area (Å²) in [6, 6.07) is 13.2. The van der Waals surface area contributed by atoms with E-state index in [1.165, 1.54) is 12.3 Å². The molecule has 0 radical (unpaired) electrons. The number of nitrogens with zero attached hydrogens (tertiary/aromatic N) is 2. The Morgan fingerprint density at radius 2 is 1.97 bits per heavy atom. The third-order valence-corrected chi connectivity index (χ3v) is 6.85. The van der Waals surface area contributed by atoms with Gasteiger partial charge in [-0.1, -0.05) is 47.1 Å². The summed E-state index contributed by atoms with van der Waals surface area (Å²) in [6.45, 7) is 1.78. The van der Waals surface area contributed by atoms with Gasteiger partial charge in [-0.3, -0.25) is 4.79 Å². The fraction of sp³-hybridized carbons (Fsp3) is 0.182. The van der Waals surface area contributed by atoms with Crippen LogP contribution in [-0.2, 0) is 27.6 Å². The Morgan fingerprint density at radius 3 is 2.71 bits per heavy atom. The summed E-state index contributed by atoms with van der Waals surface area (Å²) < 4.78 is 47.1. The summed E-state index contributed by atoms with van der Waals surface area (Å²) in [6.07, 6.45) is 1.30. The van der Waals surface area contributed by atoms with Gasteiger partial charge in [-0.2, -0.15) is 0 Å². The lowest BCUT2D eigenvalue weighted by atomic mass is 10.2. The minimum atomic E-state index is -3.94. The number of aromatic nitrogens is 2. The smallest absolute Gasteiger partial charge is 0.187 e. The van der Waals surface area contributed by atoms with Crippen LogP contribution in [0, 0.1) is 12.7 Å². The summed E-state index contributed by atoms with van der Waals surface area (Å²) >= 11 is 5.87. The molecule has 9 heteroatoms. The van der Waals surface area contributed by atoms with Gasteiger partial charge in [-0.05, 0) is 19.1 Å². The molecule has 0 N–H and O–H groups in total. The highest BCUT2D eigenvalue weighted by Gasteiger charge is 2.25. The number of hydrogen-bond acceptors (Lipinski definition) is 5. The standard InChI is InChI=1S/C22H18ClFN2O4S/c1-14-9-16(25-30-14)10-17(27)13-31(28,29)21-12-26(20-8-3-2-6-18(20)21)11-15-5-4-7-19(23)22(15)24/h2-9,12H,10-11,13H2,1H3. The summed E-state index contributed by atoms with van der Waals surface area (Å²) in [5, 5.41) is 4.20. The van der Waals surface area contributed by atoms with E-state index in [2.05, 4.69) is 5.16 Å². The Hall–Kier alpha value is -2.97. The number of sulfone groups is 1. The minimum Gasteiger partial charge on any atom is -0.361 e. The van der Waals surface area contributed by atoms with E-state index in [9.17, 15) is 17.6 Å². The molecule has 2 heterocycles. The second-order valence-corrected chi connectivity index (χ2v) is 9.62. The predicted octanol–water partition coefficient (Wildman–Crippen LogP) is 4.36. The molecular weight excluding hydrogens is 443 g/mol. The number of aryl methyl sites for hydroxylation is 1. The molecule has 0 aliphatic heterocycles. The second kappa shape index (κ2) is 8.28. The zero-order valence-electron chi connectivity index (χ0n) is 16.5. The first kappa shape index (κ1) is 21.3. The first-order chi connectivity index (χ1) is 14.7. The molecule has 0 bridgehead atoms. The van der Waals surface area contributed by atoms with Crippen LogP contribution in [0.5, 0.6) is 0 Å². The molecule has 6 nitrogen and oxygen atoms in total. The zero-order valence-corrected chi connectivity index (χ0v) is 18.1. The predicted molar refractivity (Wildman–Crippen MR) is 114 cm³/mol. The maximum atomic E-state index is 14.4. The van der Waals surface area contributed by atoms with Crippen molar-refractivity contribution < 1.29 is 22.1 Å². The molecule has 0 saturated carbocycles. The number of Topliss-reactive ketones (excluding diaryl/α,β-unsaturated/α-hetero) is 1. The van der Waals surface area contributed by atoms with Crippen LogP contribution >= 0.6 is 11.6 Å². The average Bonchev–Trinajstić information content (AvgIpc) is 3.29. The van der Waals surface area contributed by atoms with Crippen molar-refractivity contribution in [2.45, 2.75) is 24.8 Å². The lowest BCUT2D eigenvalue weighted by Crippen LogP contribution is -2.18. The molecule has 31 heavy (non-hydrogen) atoms. The molecule has 0 aliphatic rings. The Morgan fingerprint density at radius 1 is 1.19 bits per heavy atom. The summed E-state index contributed by atoms with van der Waals surface area (Å²) in [5.41, 5.74) is 1.33. The Kier molecular flexibility index (Phi) is 5.68. The molecular formula is C22H18ClFN2O4S. The van der Waals surface area contributed by atoms with Crippen LogP contribution in [0.1, 0.15) is 17.0 Å². The lowest BCUT2D eigenvalue weighted by molar-refractivity contribution is -0.116. The highest BCUT2D eigenvalue weighted by Crippen LogP contribution is 2.28. The fourth-order valence-corrected chi connectivity index (χ4v) is 5.16. The summed E-state index contributed by atoms with van der Waals surface area (Å²) in [5.74, 6) is -1.17. The first-order valence-electron chi connectivity index (χ1n) is 9.42. The van der Waals surface area contributed by atoms with Gasteiger partial charge in [0.2, 0.25) is 0 Å². The maximum Gasteiger partial charge on any atom is 0.187 e. The fourth-order valence-electron chi connectivity index (χ4n) is 3.49. The van der Waals surface area contributed by atoms with Gasteiger partial charge in [0.1, 0.15) is 17.3 Å². The van der Waals surface area contributed by atoms with Crippen molar-refractivity contribution in [2.75, 3.05) is 5.75 Å². The molecule has 0 fully saturated rings. The third kappa shape index (κ3) is 4.40. The largest absolute Gasteiger partial charge is 0.361 e. The molecule has 0 saturated heterocycles. The van der Waals surface area contributed by atoms with Crippen molar-refractivity contribution in [3.05, 3.63) is 82.6 Å². The van der Waals surface area contributed by atoms with Crippen molar-refractivity contribution in [1.82, 2.24) is 9.72 Å². The molecule has 0 amide bonds. The number of carbonyl (C=O) groups is 1. The monoisotopic (exact) mass is 460 g/mol. The van der Waals surface area contributed by atoms with Gasteiger partial charge in [0, 0.05) is 28.7 Å². The maximum absolute atomic E-state index is 14.4. The van der Waals surface area contributed by atoms with E-state index >= 15 is 0 Å². The topological polar surface area (TPSA) is 82.2 Å². The van der Waals surface area contributed by atoms with E-state index < -0.39 is 27.2 Å². The molecule has 0 spiro atoms. The van der Waals surface area contributed by atoms with Gasteiger partial charge in [-0.25, -0.2) is 12.8 Å². The van der Waals surface area contributed by atoms with Crippen molar-refractivity contribution in [1.29, 1.82) is 0 Å². The normalized spacial score (nSPS) is 11.8. The molecule has 0 aliphatic carbocycles. The molecule has 0 unspecified atom stereocenters. The van der Waals surface area contributed by atoms with E-state index in [-0.39, 0.29) is 22.9 Å². The van der Waals surface area contributed by atoms with Crippen molar-refractivity contribution >= 4 is 38.1 Å². The minimum absolute atomic E-state index is 0.00417. The number of para-hydroxylation sites is 1. The van der Waals surface area contributed by atoms with Crippen LogP contribution in [0.3, 0.4) is 0 Å². The first-order valence-corrected chi connectivity index (χ1v) is 11.4. The molecule has 2 aromatic carbocycles. The molecule has 4 aromatic rings. The van der Waals surface area contributed by atoms with Crippen LogP contribution in [0.15, 0.2) is 64.1 Å². The van der Waals surface area contributed by atoms with Crippen molar-refractivity contribution in [2.24, 2.45) is 0 Å². The van der Waals surface area contributed by atoms with Crippen LogP contribution < -0.4 is 0 Å². The Labute approximate surface area is 183 Å². The molecule has 160 valence electrons.